The molecule has 0 amide bonds. The molecule has 144 valence electrons. The van der Waals surface area contributed by atoms with Crippen LogP contribution in [-0.4, -0.2) is 42.4 Å². The Bertz CT molecular complexity index is 651. The lowest BCUT2D eigenvalue weighted by atomic mass is 10.0. The van der Waals surface area contributed by atoms with Gasteiger partial charge < -0.3 is 10.1 Å². The van der Waals surface area contributed by atoms with Gasteiger partial charge in [0, 0.05) is 32.4 Å². The summed E-state index contributed by atoms with van der Waals surface area (Å²) in [6, 6.07) is 11.6. The molecule has 1 atom stereocenters. The molecule has 1 fully saturated rings. The molecule has 1 aromatic heterocycles. The first-order valence-corrected chi connectivity index (χ1v) is 7.74. The normalized spacial score (nSPS) is 16.1. The summed E-state index contributed by atoms with van der Waals surface area (Å²) >= 11 is 0. The van der Waals surface area contributed by atoms with Gasteiger partial charge in [0.25, 0.3) is 0 Å². The van der Waals surface area contributed by atoms with Gasteiger partial charge in [-0.3, -0.25) is 9.88 Å². The molecule has 1 aromatic carbocycles. The van der Waals surface area contributed by atoms with Crippen LogP contribution >= 0.6 is 24.8 Å². The van der Waals surface area contributed by atoms with E-state index in [1.807, 2.05) is 18.2 Å². The van der Waals surface area contributed by atoms with Crippen LogP contribution in [0, 0.1) is 0 Å². The summed E-state index contributed by atoms with van der Waals surface area (Å²) in [5.41, 5.74) is 1.77. The van der Waals surface area contributed by atoms with Crippen molar-refractivity contribution in [2.45, 2.75) is 12.4 Å². The third-order valence-electron chi connectivity index (χ3n) is 3.91. The lowest BCUT2D eigenvalue weighted by Gasteiger charge is -2.35. The van der Waals surface area contributed by atoms with Crippen LogP contribution < -0.4 is 10.1 Å². The zero-order chi connectivity index (χ0) is 17.0. The lowest BCUT2D eigenvalue weighted by Crippen LogP contribution is -2.45. The van der Waals surface area contributed by atoms with Crippen LogP contribution in [0.1, 0.15) is 17.3 Å². The summed E-state index contributed by atoms with van der Waals surface area (Å²) in [5, 5.41) is 3.30. The van der Waals surface area contributed by atoms with Gasteiger partial charge in [-0.25, -0.2) is 0 Å². The Morgan fingerprint density at radius 1 is 1.00 bits per heavy atom. The van der Waals surface area contributed by atoms with Crippen molar-refractivity contribution in [1.82, 2.24) is 15.2 Å². The second kappa shape index (κ2) is 9.97. The minimum Gasteiger partial charge on any atom is -0.406 e. The summed E-state index contributed by atoms with van der Waals surface area (Å²) < 4.78 is 40.9. The minimum absolute atomic E-state index is 0. The molecule has 0 unspecified atom stereocenters. The molecule has 4 nitrogen and oxygen atoms in total. The average Bonchev–Trinajstić information content (AvgIpc) is 2.57. The topological polar surface area (TPSA) is 37.4 Å². The maximum atomic E-state index is 12.3. The first-order chi connectivity index (χ1) is 11.5. The highest BCUT2D eigenvalue weighted by Gasteiger charge is 2.31. The van der Waals surface area contributed by atoms with E-state index in [4.69, 9.17) is 0 Å². The van der Waals surface area contributed by atoms with Crippen molar-refractivity contribution in [3.8, 4) is 5.75 Å². The minimum atomic E-state index is -4.68. The molecule has 0 spiro atoms. The summed E-state index contributed by atoms with van der Waals surface area (Å²) in [7, 11) is 0. The maximum Gasteiger partial charge on any atom is 0.573 e. The number of benzene rings is 1. The van der Waals surface area contributed by atoms with Crippen molar-refractivity contribution < 1.29 is 17.9 Å². The Hall–Kier alpha value is -1.54. The Morgan fingerprint density at radius 2 is 1.65 bits per heavy atom. The van der Waals surface area contributed by atoms with E-state index >= 15 is 0 Å². The number of hydrogen-bond acceptors (Lipinski definition) is 4. The van der Waals surface area contributed by atoms with Crippen molar-refractivity contribution in [2.75, 3.05) is 26.2 Å². The molecule has 2 heterocycles. The quantitative estimate of drug-likeness (QED) is 0.832. The van der Waals surface area contributed by atoms with Gasteiger partial charge in [-0.2, -0.15) is 0 Å². The molecular weight excluding hydrogens is 390 g/mol. The van der Waals surface area contributed by atoms with Crippen molar-refractivity contribution >= 4 is 24.8 Å². The Labute approximate surface area is 162 Å². The largest absolute Gasteiger partial charge is 0.573 e. The molecule has 0 radical (unpaired) electrons. The molecule has 0 saturated carbocycles. The average molecular weight is 410 g/mol. The molecule has 2 aromatic rings. The van der Waals surface area contributed by atoms with Gasteiger partial charge in [0.1, 0.15) is 5.75 Å². The molecule has 1 aliphatic rings. The summed E-state index contributed by atoms with van der Waals surface area (Å²) in [6.07, 6.45) is -2.95. The van der Waals surface area contributed by atoms with Crippen LogP contribution in [0.4, 0.5) is 13.2 Å². The number of aromatic nitrogens is 1. The summed E-state index contributed by atoms with van der Waals surface area (Å²) in [6.45, 7) is 3.45. The molecule has 9 heteroatoms. The zero-order valence-electron chi connectivity index (χ0n) is 13.8. The van der Waals surface area contributed by atoms with E-state index in [1.54, 1.807) is 18.3 Å². The van der Waals surface area contributed by atoms with Crippen LogP contribution in [0.15, 0.2) is 48.7 Å². The van der Waals surface area contributed by atoms with Crippen molar-refractivity contribution in [3.05, 3.63) is 59.9 Å². The third kappa shape index (κ3) is 6.02. The van der Waals surface area contributed by atoms with Gasteiger partial charge in [0.2, 0.25) is 0 Å². The highest BCUT2D eigenvalue weighted by molar-refractivity contribution is 5.85. The van der Waals surface area contributed by atoms with E-state index in [1.165, 1.54) is 12.1 Å². The van der Waals surface area contributed by atoms with Gasteiger partial charge in [0.15, 0.2) is 0 Å². The van der Waals surface area contributed by atoms with E-state index < -0.39 is 6.36 Å². The van der Waals surface area contributed by atoms with Crippen molar-refractivity contribution in [2.24, 2.45) is 0 Å². The number of ether oxygens (including phenoxy) is 1. The Balaban J connectivity index is 0.00000169. The highest BCUT2D eigenvalue weighted by Crippen LogP contribution is 2.30. The smallest absolute Gasteiger partial charge is 0.406 e. The van der Waals surface area contributed by atoms with Crippen LogP contribution in [0.25, 0.3) is 0 Å². The lowest BCUT2D eigenvalue weighted by molar-refractivity contribution is -0.274. The molecule has 0 aliphatic carbocycles. The maximum absolute atomic E-state index is 12.3. The van der Waals surface area contributed by atoms with Crippen LogP contribution in [0.2, 0.25) is 0 Å². The van der Waals surface area contributed by atoms with Gasteiger partial charge >= 0.3 is 6.36 Å². The molecule has 26 heavy (non-hydrogen) atoms. The zero-order valence-corrected chi connectivity index (χ0v) is 15.4. The van der Waals surface area contributed by atoms with E-state index in [9.17, 15) is 13.2 Å². The third-order valence-corrected chi connectivity index (χ3v) is 3.91. The van der Waals surface area contributed by atoms with Crippen LogP contribution in [0.5, 0.6) is 5.75 Å². The Morgan fingerprint density at radius 3 is 2.19 bits per heavy atom. The molecule has 3 rings (SSSR count). The van der Waals surface area contributed by atoms with E-state index in [0.717, 1.165) is 37.4 Å². The predicted octanol–water partition coefficient (Wildman–Crippen LogP) is 3.82. The molecule has 1 aliphatic heterocycles. The monoisotopic (exact) mass is 409 g/mol. The number of hydrogen-bond donors (Lipinski definition) is 1. The second-order valence-corrected chi connectivity index (χ2v) is 5.56. The van der Waals surface area contributed by atoms with Gasteiger partial charge in [0.05, 0.1) is 11.7 Å². The fourth-order valence-corrected chi connectivity index (χ4v) is 2.90. The summed E-state index contributed by atoms with van der Waals surface area (Å²) in [4.78, 5) is 6.72. The molecule has 1 N–H and O–H groups in total. The fraction of sp³-hybridized carbons (Fsp3) is 0.353. The second-order valence-electron chi connectivity index (χ2n) is 5.56. The van der Waals surface area contributed by atoms with Gasteiger partial charge in [-0.05, 0) is 29.8 Å². The number of rotatable bonds is 4. The molecular formula is C17H20Cl2F3N3O. The van der Waals surface area contributed by atoms with E-state index in [2.05, 4.69) is 19.9 Å². The number of alkyl halides is 3. The standard InChI is InChI=1S/C17H18F3N3O.2ClH/c18-17(19,20)24-14-6-4-13(5-7-14)16(15-3-1-2-8-22-15)23-11-9-21-10-12-23;;/h1-8,16,21H,9-12H2;2*1H/t16-;;/m1../s1. The highest BCUT2D eigenvalue weighted by atomic mass is 35.5. The number of halogens is 5. The molecule has 0 bridgehead atoms. The SMILES string of the molecule is Cl.Cl.FC(F)(F)Oc1ccc([C@H](c2ccccn2)N2CCNCC2)cc1. The fourth-order valence-electron chi connectivity index (χ4n) is 2.90. The van der Waals surface area contributed by atoms with E-state index in [-0.39, 0.29) is 36.6 Å². The number of nitrogens with zero attached hydrogens (tertiary/aromatic N) is 2. The first kappa shape index (κ1) is 22.5. The number of pyridine rings is 1. The summed E-state index contributed by atoms with van der Waals surface area (Å²) in [5.74, 6) is -0.216. The first-order valence-electron chi connectivity index (χ1n) is 7.74. The predicted molar refractivity (Wildman–Crippen MR) is 98.1 cm³/mol. The number of nitrogens with one attached hydrogen (secondary N) is 1. The van der Waals surface area contributed by atoms with Crippen LogP contribution in [0.3, 0.4) is 0 Å². The van der Waals surface area contributed by atoms with Gasteiger partial charge in [-0.15, -0.1) is 38.0 Å². The van der Waals surface area contributed by atoms with Gasteiger partial charge in [-0.1, -0.05) is 18.2 Å². The molecule has 1 saturated heterocycles. The van der Waals surface area contributed by atoms with Crippen molar-refractivity contribution in [1.29, 1.82) is 0 Å². The number of piperazine rings is 1. The van der Waals surface area contributed by atoms with Crippen LogP contribution in [-0.2, 0) is 0 Å². The van der Waals surface area contributed by atoms with E-state index in [0.29, 0.717) is 0 Å². The van der Waals surface area contributed by atoms with Crippen molar-refractivity contribution in [3.63, 3.8) is 0 Å². The Kier molecular flexibility index (Phi) is 8.62.